The number of fused-ring (bicyclic) bond motifs is 1. The number of amides is 1. The van der Waals surface area contributed by atoms with Gasteiger partial charge in [-0.15, -0.1) is 0 Å². The van der Waals surface area contributed by atoms with Crippen molar-refractivity contribution >= 4 is 23.2 Å². The lowest BCUT2D eigenvalue weighted by Crippen LogP contribution is -2.26. The van der Waals surface area contributed by atoms with E-state index in [1.54, 1.807) is 4.90 Å². The molecule has 0 unspecified atom stereocenters. The molecule has 1 amide bonds. The maximum Gasteiger partial charge on any atom is 0.253 e. The molecule has 0 radical (unpaired) electrons. The molecule has 4 heteroatoms. The van der Waals surface area contributed by atoms with Crippen LogP contribution in [0.15, 0.2) is 42.5 Å². The van der Waals surface area contributed by atoms with E-state index in [0.717, 1.165) is 29.8 Å². The molecule has 0 bridgehead atoms. The molecule has 1 N–H and O–H groups in total. The van der Waals surface area contributed by atoms with Crippen molar-refractivity contribution in [2.75, 3.05) is 18.9 Å². The van der Waals surface area contributed by atoms with E-state index in [4.69, 9.17) is 11.6 Å². The first-order valence-corrected chi connectivity index (χ1v) is 7.38. The van der Waals surface area contributed by atoms with Crippen molar-refractivity contribution in [2.45, 2.75) is 13.0 Å². The van der Waals surface area contributed by atoms with Gasteiger partial charge in [0.05, 0.1) is 0 Å². The van der Waals surface area contributed by atoms with Gasteiger partial charge in [0.25, 0.3) is 5.91 Å². The normalized spacial score (nSPS) is 12.7. The number of nitrogens with zero attached hydrogens (tertiary/aromatic N) is 1. The SMILES string of the molecule is CN(Cc1ccc(Cl)cc1)C(=O)c1ccc2c(c1)NCC2. The lowest BCUT2D eigenvalue weighted by atomic mass is 10.1. The summed E-state index contributed by atoms with van der Waals surface area (Å²) in [6, 6.07) is 13.5. The number of carbonyl (C=O) groups excluding carboxylic acids is 1. The number of nitrogens with one attached hydrogen (secondary N) is 1. The van der Waals surface area contributed by atoms with E-state index < -0.39 is 0 Å². The number of anilines is 1. The molecule has 3 rings (SSSR count). The fourth-order valence-corrected chi connectivity index (χ4v) is 2.71. The Hall–Kier alpha value is -2.00. The molecule has 21 heavy (non-hydrogen) atoms. The number of rotatable bonds is 3. The second-order valence-electron chi connectivity index (χ2n) is 5.34. The van der Waals surface area contributed by atoms with Gasteiger partial charge in [0.15, 0.2) is 0 Å². The highest BCUT2D eigenvalue weighted by Gasteiger charge is 2.16. The monoisotopic (exact) mass is 300 g/mol. The average molecular weight is 301 g/mol. The Morgan fingerprint density at radius 1 is 1.24 bits per heavy atom. The molecule has 1 aliphatic rings. The fraction of sp³-hybridized carbons (Fsp3) is 0.235. The van der Waals surface area contributed by atoms with Crippen LogP contribution in [0.25, 0.3) is 0 Å². The van der Waals surface area contributed by atoms with E-state index >= 15 is 0 Å². The van der Waals surface area contributed by atoms with Crippen LogP contribution in [0.5, 0.6) is 0 Å². The van der Waals surface area contributed by atoms with Crippen molar-refractivity contribution in [3.63, 3.8) is 0 Å². The summed E-state index contributed by atoms with van der Waals surface area (Å²) >= 11 is 5.87. The number of hydrogen-bond acceptors (Lipinski definition) is 2. The van der Waals surface area contributed by atoms with Crippen LogP contribution in [0.2, 0.25) is 5.02 Å². The van der Waals surface area contributed by atoms with Crippen LogP contribution in [-0.4, -0.2) is 24.4 Å². The second-order valence-corrected chi connectivity index (χ2v) is 5.77. The third-order valence-electron chi connectivity index (χ3n) is 3.75. The average Bonchev–Trinajstić information content (AvgIpc) is 2.96. The maximum atomic E-state index is 12.5. The van der Waals surface area contributed by atoms with Gasteiger partial charge in [-0.05, 0) is 41.8 Å². The first-order chi connectivity index (χ1) is 10.1. The van der Waals surface area contributed by atoms with Gasteiger partial charge in [-0.3, -0.25) is 4.79 Å². The van der Waals surface area contributed by atoms with Gasteiger partial charge in [0.1, 0.15) is 0 Å². The Morgan fingerprint density at radius 3 is 2.76 bits per heavy atom. The minimum absolute atomic E-state index is 0.0291. The van der Waals surface area contributed by atoms with E-state index in [-0.39, 0.29) is 5.91 Å². The molecular formula is C17H17ClN2O. The Morgan fingerprint density at radius 2 is 2.00 bits per heavy atom. The van der Waals surface area contributed by atoms with Crippen molar-refractivity contribution in [2.24, 2.45) is 0 Å². The quantitative estimate of drug-likeness (QED) is 0.939. The zero-order chi connectivity index (χ0) is 14.8. The van der Waals surface area contributed by atoms with Gasteiger partial charge in [-0.25, -0.2) is 0 Å². The molecule has 2 aromatic rings. The summed E-state index contributed by atoms with van der Waals surface area (Å²) in [4.78, 5) is 14.2. The van der Waals surface area contributed by atoms with Crippen LogP contribution in [0, 0.1) is 0 Å². The predicted octanol–water partition coefficient (Wildman–Crippen LogP) is 3.58. The molecule has 1 heterocycles. The van der Waals surface area contributed by atoms with E-state index in [2.05, 4.69) is 5.32 Å². The first-order valence-electron chi connectivity index (χ1n) is 7.00. The number of halogens is 1. The van der Waals surface area contributed by atoms with E-state index in [1.807, 2.05) is 49.5 Å². The zero-order valence-electron chi connectivity index (χ0n) is 11.9. The smallest absolute Gasteiger partial charge is 0.253 e. The Balaban J connectivity index is 1.73. The molecule has 108 valence electrons. The lowest BCUT2D eigenvalue weighted by molar-refractivity contribution is 0.0785. The largest absolute Gasteiger partial charge is 0.384 e. The van der Waals surface area contributed by atoms with Gasteiger partial charge in [-0.1, -0.05) is 29.8 Å². The van der Waals surface area contributed by atoms with Crippen LogP contribution in [-0.2, 0) is 13.0 Å². The summed E-state index contributed by atoms with van der Waals surface area (Å²) in [5.41, 5.74) is 4.15. The van der Waals surface area contributed by atoms with Crippen molar-refractivity contribution in [3.8, 4) is 0 Å². The van der Waals surface area contributed by atoms with Gasteiger partial charge < -0.3 is 10.2 Å². The number of benzene rings is 2. The summed E-state index contributed by atoms with van der Waals surface area (Å²) in [5, 5.41) is 4.01. The minimum atomic E-state index is 0.0291. The second kappa shape index (κ2) is 5.78. The van der Waals surface area contributed by atoms with E-state index in [0.29, 0.717) is 11.6 Å². The molecule has 0 fully saturated rings. The third-order valence-corrected chi connectivity index (χ3v) is 4.00. The zero-order valence-corrected chi connectivity index (χ0v) is 12.7. The standard InChI is InChI=1S/C17H17ClN2O/c1-20(11-12-2-6-15(18)7-3-12)17(21)14-5-4-13-8-9-19-16(13)10-14/h2-7,10,19H,8-9,11H2,1H3. The highest BCUT2D eigenvalue weighted by molar-refractivity contribution is 6.30. The Labute approximate surface area is 129 Å². The van der Waals surface area contributed by atoms with Gasteiger partial charge in [0, 0.05) is 36.4 Å². The predicted molar refractivity (Wildman–Crippen MR) is 85.9 cm³/mol. The van der Waals surface area contributed by atoms with Crippen LogP contribution >= 0.6 is 11.6 Å². The number of carbonyl (C=O) groups is 1. The third kappa shape index (κ3) is 3.03. The van der Waals surface area contributed by atoms with Gasteiger partial charge in [0.2, 0.25) is 0 Å². The van der Waals surface area contributed by atoms with Crippen LogP contribution in [0.1, 0.15) is 21.5 Å². The first kappa shape index (κ1) is 14.0. The summed E-state index contributed by atoms with van der Waals surface area (Å²) in [6.07, 6.45) is 1.03. The molecule has 1 aliphatic heterocycles. The van der Waals surface area contributed by atoms with Crippen LogP contribution in [0.4, 0.5) is 5.69 Å². The fourth-order valence-electron chi connectivity index (χ4n) is 2.58. The highest BCUT2D eigenvalue weighted by atomic mass is 35.5. The molecule has 0 saturated heterocycles. The Bertz CT molecular complexity index is 667. The lowest BCUT2D eigenvalue weighted by Gasteiger charge is -2.18. The summed E-state index contributed by atoms with van der Waals surface area (Å²) in [6.45, 7) is 1.52. The van der Waals surface area contributed by atoms with E-state index in [1.165, 1.54) is 5.56 Å². The maximum absolute atomic E-state index is 12.5. The minimum Gasteiger partial charge on any atom is -0.384 e. The molecule has 0 aliphatic carbocycles. The molecule has 0 spiro atoms. The molecular weight excluding hydrogens is 284 g/mol. The van der Waals surface area contributed by atoms with Crippen LogP contribution in [0.3, 0.4) is 0 Å². The molecule has 0 aromatic heterocycles. The van der Waals surface area contributed by atoms with Gasteiger partial charge >= 0.3 is 0 Å². The van der Waals surface area contributed by atoms with Crippen molar-refractivity contribution in [3.05, 3.63) is 64.2 Å². The van der Waals surface area contributed by atoms with Crippen molar-refractivity contribution < 1.29 is 4.79 Å². The summed E-state index contributed by atoms with van der Waals surface area (Å²) in [5.74, 6) is 0.0291. The van der Waals surface area contributed by atoms with E-state index in [9.17, 15) is 4.79 Å². The molecule has 0 atom stereocenters. The molecule has 2 aromatic carbocycles. The molecule has 0 saturated carbocycles. The topological polar surface area (TPSA) is 32.3 Å². The van der Waals surface area contributed by atoms with Crippen LogP contribution < -0.4 is 5.32 Å². The van der Waals surface area contributed by atoms with Crippen molar-refractivity contribution in [1.29, 1.82) is 0 Å². The number of hydrogen-bond donors (Lipinski definition) is 1. The van der Waals surface area contributed by atoms with Crippen molar-refractivity contribution in [1.82, 2.24) is 4.90 Å². The highest BCUT2D eigenvalue weighted by Crippen LogP contribution is 2.24. The Kier molecular flexibility index (Phi) is 3.84. The summed E-state index contributed by atoms with van der Waals surface area (Å²) in [7, 11) is 1.82. The summed E-state index contributed by atoms with van der Waals surface area (Å²) < 4.78 is 0. The molecule has 3 nitrogen and oxygen atoms in total. The van der Waals surface area contributed by atoms with Gasteiger partial charge in [-0.2, -0.15) is 0 Å².